The fourth-order valence-corrected chi connectivity index (χ4v) is 4.36. The monoisotopic (exact) mass is 335 g/mol. The summed E-state index contributed by atoms with van der Waals surface area (Å²) < 4.78 is 0. The van der Waals surface area contributed by atoms with E-state index in [0.717, 1.165) is 6.42 Å². The lowest BCUT2D eigenvalue weighted by atomic mass is 9.88. The Hall–Kier alpha value is -3.06. The number of aryl methyl sites for hydroxylation is 2. The molecule has 0 bridgehead atoms. The zero-order valence-electron chi connectivity index (χ0n) is 15.1. The van der Waals surface area contributed by atoms with Gasteiger partial charge < -0.3 is 4.98 Å². The number of fused-ring (bicyclic) bond motifs is 5. The molecule has 5 aromatic rings. The van der Waals surface area contributed by atoms with E-state index >= 15 is 0 Å². The molecule has 0 spiro atoms. The molecule has 4 aromatic carbocycles. The highest BCUT2D eigenvalue weighted by atomic mass is 14.7. The van der Waals surface area contributed by atoms with Crippen LogP contribution in [-0.2, 0) is 6.42 Å². The van der Waals surface area contributed by atoms with Crippen molar-refractivity contribution in [3.63, 3.8) is 0 Å². The molecule has 0 aliphatic carbocycles. The van der Waals surface area contributed by atoms with E-state index in [-0.39, 0.29) is 0 Å². The first-order valence-corrected chi connectivity index (χ1v) is 9.29. The summed E-state index contributed by atoms with van der Waals surface area (Å²) in [6.45, 7) is 4.51. The summed E-state index contributed by atoms with van der Waals surface area (Å²) >= 11 is 0. The topological polar surface area (TPSA) is 15.8 Å². The van der Waals surface area contributed by atoms with Crippen molar-refractivity contribution in [1.82, 2.24) is 4.98 Å². The fraction of sp³-hybridized carbons (Fsp3) is 0.120. The molecule has 0 aliphatic rings. The van der Waals surface area contributed by atoms with E-state index in [1.165, 1.54) is 54.8 Å². The number of hydrogen-bond donors (Lipinski definition) is 1. The number of benzene rings is 4. The Balaban J connectivity index is 2.09. The largest absolute Gasteiger partial charge is 0.354 e. The SMILES string of the molecule is CCc1ccccc1-c1c(C)c2ccccc2c2[nH]c3ccccc3c12. The summed E-state index contributed by atoms with van der Waals surface area (Å²) in [5, 5.41) is 5.27. The van der Waals surface area contributed by atoms with Gasteiger partial charge in [0.15, 0.2) is 0 Å². The van der Waals surface area contributed by atoms with Gasteiger partial charge in [-0.2, -0.15) is 0 Å². The zero-order valence-corrected chi connectivity index (χ0v) is 15.1. The van der Waals surface area contributed by atoms with Crippen LogP contribution in [-0.4, -0.2) is 4.98 Å². The van der Waals surface area contributed by atoms with Gasteiger partial charge in [0.05, 0.1) is 5.52 Å². The van der Waals surface area contributed by atoms with Crippen molar-refractivity contribution in [3.05, 3.63) is 83.9 Å². The lowest BCUT2D eigenvalue weighted by Gasteiger charge is -2.16. The lowest BCUT2D eigenvalue weighted by molar-refractivity contribution is 1.14. The van der Waals surface area contributed by atoms with Gasteiger partial charge in [0.1, 0.15) is 0 Å². The molecule has 5 rings (SSSR count). The third-order valence-corrected chi connectivity index (χ3v) is 5.60. The zero-order chi connectivity index (χ0) is 17.7. The van der Waals surface area contributed by atoms with Gasteiger partial charge in [0, 0.05) is 21.7 Å². The molecule has 1 heterocycles. The van der Waals surface area contributed by atoms with Crippen LogP contribution in [0.5, 0.6) is 0 Å². The highest BCUT2D eigenvalue weighted by Crippen LogP contribution is 2.43. The van der Waals surface area contributed by atoms with Gasteiger partial charge in [-0.25, -0.2) is 0 Å². The summed E-state index contributed by atoms with van der Waals surface area (Å²) in [5.41, 5.74) is 7.93. The lowest BCUT2D eigenvalue weighted by Crippen LogP contribution is -1.93. The number of aromatic amines is 1. The molecule has 0 aliphatic heterocycles. The van der Waals surface area contributed by atoms with Crippen LogP contribution in [0, 0.1) is 6.92 Å². The van der Waals surface area contributed by atoms with Crippen molar-refractivity contribution in [2.24, 2.45) is 0 Å². The van der Waals surface area contributed by atoms with E-state index in [2.05, 4.69) is 91.6 Å². The minimum atomic E-state index is 1.03. The second kappa shape index (κ2) is 5.74. The van der Waals surface area contributed by atoms with Crippen LogP contribution in [0.15, 0.2) is 72.8 Å². The maximum atomic E-state index is 3.70. The van der Waals surface area contributed by atoms with Crippen LogP contribution in [0.25, 0.3) is 43.7 Å². The quantitative estimate of drug-likeness (QED) is 0.357. The Bertz CT molecular complexity index is 1270. The van der Waals surface area contributed by atoms with Gasteiger partial charge in [-0.1, -0.05) is 73.7 Å². The standard InChI is InChI=1S/C25H21N/c1-3-17-10-4-5-12-19(17)23-16(2)18-11-6-7-13-20(18)25-24(23)21-14-8-9-15-22(21)26-25/h4-15,26H,3H2,1-2H3. The summed E-state index contributed by atoms with van der Waals surface area (Å²) in [6.07, 6.45) is 1.03. The Labute approximate surface area is 153 Å². The number of rotatable bonds is 2. The van der Waals surface area contributed by atoms with Crippen LogP contribution in [0.4, 0.5) is 0 Å². The second-order valence-electron chi connectivity index (χ2n) is 6.98. The van der Waals surface area contributed by atoms with Gasteiger partial charge >= 0.3 is 0 Å². The van der Waals surface area contributed by atoms with Gasteiger partial charge in [-0.3, -0.25) is 0 Å². The Morgan fingerprint density at radius 3 is 2.19 bits per heavy atom. The predicted molar refractivity (Wildman–Crippen MR) is 113 cm³/mol. The minimum absolute atomic E-state index is 1.03. The first-order valence-electron chi connectivity index (χ1n) is 9.29. The molecule has 1 aromatic heterocycles. The number of para-hydroxylation sites is 1. The molecular weight excluding hydrogens is 314 g/mol. The molecule has 0 saturated carbocycles. The Morgan fingerprint density at radius 2 is 1.38 bits per heavy atom. The molecule has 0 atom stereocenters. The van der Waals surface area contributed by atoms with Crippen LogP contribution >= 0.6 is 0 Å². The number of aromatic nitrogens is 1. The molecule has 0 unspecified atom stereocenters. The predicted octanol–water partition coefficient (Wildman–Crippen LogP) is 7.01. The Kier molecular flexibility index (Phi) is 3.36. The summed E-state index contributed by atoms with van der Waals surface area (Å²) in [7, 11) is 0. The van der Waals surface area contributed by atoms with Crippen LogP contribution in [0.1, 0.15) is 18.1 Å². The van der Waals surface area contributed by atoms with Crippen molar-refractivity contribution in [3.8, 4) is 11.1 Å². The smallest absolute Gasteiger partial charge is 0.0551 e. The molecule has 0 fully saturated rings. The highest BCUT2D eigenvalue weighted by molar-refractivity contribution is 6.24. The third-order valence-electron chi connectivity index (χ3n) is 5.60. The first kappa shape index (κ1) is 15.2. The van der Waals surface area contributed by atoms with Crippen molar-refractivity contribution in [2.75, 3.05) is 0 Å². The molecule has 0 saturated heterocycles. The second-order valence-corrected chi connectivity index (χ2v) is 6.98. The van der Waals surface area contributed by atoms with Crippen LogP contribution < -0.4 is 0 Å². The van der Waals surface area contributed by atoms with Crippen molar-refractivity contribution in [2.45, 2.75) is 20.3 Å². The molecule has 1 heteroatoms. The van der Waals surface area contributed by atoms with Gasteiger partial charge in [-0.15, -0.1) is 0 Å². The molecule has 126 valence electrons. The average molecular weight is 335 g/mol. The van der Waals surface area contributed by atoms with E-state index in [0.29, 0.717) is 0 Å². The molecule has 26 heavy (non-hydrogen) atoms. The van der Waals surface area contributed by atoms with Crippen molar-refractivity contribution < 1.29 is 0 Å². The number of nitrogens with one attached hydrogen (secondary N) is 1. The Morgan fingerprint density at radius 1 is 0.731 bits per heavy atom. The van der Waals surface area contributed by atoms with Gasteiger partial charge in [-0.05, 0) is 47.1 Å². The fourth-order valence-electron chi connectivity index (χ4n) is 4.36. The van der Waals surface area contributed by atoms with E-state index in [4.69, 9.17) is 0 Å². The third kappa shape index (κ3) is 2.04. The molecule has 0 radical (unpaired) electrons. The van der Waals surface area contributed by atoms with Crippen molar-refractivity contribution in [1.29, 1.82) is 0 Å². The summed E-state index contributed by atoms with van der Waals surface area (Å²) in [5.74, 6) is 0. The van der Waals surface area contributed by atoms with E-state index in [1.54, 1.807) is 0 Å². The molecule has 1 N–H and O–H groups in total. The van der Waals surface area contributed by atoms with Gasteiger partial charge in [0.2, 0.25) is 0 Å². The highest BCUT2D eigenvalue weighted by Gasteiger charge is 2.18. The molecule has 0 amide bonds. The van der Waals surface area contributed by atoms with E-state index in [9.17, 15) is 0 Å². The minimum Gasteiger partial charge on any atom is -0.354 e. The van der Waals surface area contributed by atoms with E-state index in [1.807, 2.05) is 0 Å². The molecular formula is C25H21N. The maximum Gasteiger partial charge on any atom is 0.0551 e. The first-order chi connectivity index (χ1) is 12.8. The van der Waals surface area contributed by atoms with E-state index < -0.39 is 0 Å². The summed E-state index contributed by atoms with van der Waals surface area (Å²) in [6, 6.07) is 26.2. The number of H-pyrrole nitrogens is 1. The normalized spacial score (nSPS) is 11.6. The average Bonchev–Trinajstić information content (AvgIpc) is 3.08. The summed E-state index contributed by atoms with van der Waals surface area (Å²) in [4.78, 5) is 3.70. The van der Waals surface area contributed by atoms with Gasteiger partial charge in [0.25, 0.3) is 0 Å². The molecule has 1 nitrogen and oxygen atoms in total. The van der Waals surface area contributed by atoms with Crippen molar-refractivity contribution >= 4 is 32.6 Å². The van der Waals surface area contributed by atoms with Crippen LogP contribution in [0.3, 0.4) is 0 Å². The number of hydrogen-bond acceptors (Lipinski definition) is 0. The van der Waals surface area contributed by atoms with Crippen LogP contribution in [0.2, 0.25) is 0 Å². The maximum absolute atomic E-state index is 3.70.